The SMILES string of the molecule is COCCCN1C(=O)c2ccc(C(=O)OCc3ccc(F)cc3Cl)cc2C1=O. The molecule has 2 aromatic carbocycles. The van der Waals surface area contributed by atoms with Crippen molar-refractivity contribution < 1.29 is 28.2 Å². The zero-order valence-corrected chi connectivity index (χ0v) is 15.8. The van der Waals surface area contributed by atoms with Gasteiger partial charge in [-0.1, -0.05) is 17.7 Å². The minimum Gasteiger partial charge on any atom is -0.457 e. The summed E-state index contributed by atoms with van der Waals surface area (Å²) in [5.74, 6) is -2.01. The molecule has 146 valence electrons. The standard InChI is InChI=1S/C20H17ClFNO5/c1-27-8-2-7-23-18(24)15-6-4-12(9-16(15)19(23)25)20(26)28-11-13-3-5-14(22)10-17(13)21/h3-6,9-10H,2,7-8,11H2,1H3. The molecule has 0 radical (unpaired) electrons. The second-order valence-corrected chi connectivity index (χ2v) is 6.59. The predicted octanol–water partition coefficient (Wildman–Crippen LogP) is 3.47. The largest absolute Gasteiger partial charge is 0.457 e. The van der Waals surface area contributed by atoms with E-state index in [0.717, 1.165) is 11.0 Å². The van der Waals surface area contributed by atoms with Gasteiger partial charge in [0.1, 0.15) is 12.4 Å². The lowest BCUT2D eigenvalue weighted by atomic mass is 10.1. The second-order valence-electron chi connectivity index (χ2n) is 6.18. The smallest absolute Gasteiger partial charge is 0.338 e. The highest BCUT2D eigenvalue weighted by Crippen LogP contribution is 2.25. The first-order chi connectivity index (χ1) is 13.4. The molecule has 0 atom stereocenters. The molecule has 2 amide bonds. The van der Waals surface area contributed by atoms with E-state index >= 15 is 0 Å². The molecule has 1 aliphatic heterocycles. The number of hydrogen-bond donors (Lipinski definition) is 0. The maximum absolute atomic E-state index is 13.1. The fourth-order valence-corrected chi connectivity index (χ4v) is 3.07. The Hall–Kier alpha value is -2.77. The number of nitrogens with zero attached hydrogens (tertiary/aromatic N) is 1. The summed E-state index contributed by atoms with van der Waals surface area (Å²) < 4.78 is 23.2. The summed E-state index contributed by atoms with van der Waals surface area (Å²) in [6, 6.07) is 7.98. The lowest BCUT2D eigenvalue weighted by Crippen LogP contribution is -2.31. The number of halogens is 2. The first-order valence-corrected chi connectivity index (χ1v) is 8.90. The minimum absolute atomic E-state index is 0.136. The summed E-state index contributed by atoms with van der Waals surface area (Å²) in [7, 11) is 1.54. The maximum atomic E-state index is 13.1. The fraction of sp³-hybridized carbons (Fsp3) is 0.250. The van der Waals surface area contributed by atoms with Crippen LogP contribution in [0, 0.1) is 5.82 Å². The summed E-state index contributed by atoms with van der Waals surface area (Å²) in [4.78, 5) is 38.3. The number of imide groups is 1. The van der Waals surface area contributed by atoms with Crippen molar-refractivity contribution in [3.8, 4) is 0 Å². The molecule has 1 heterocycles. The molecule has 8 heteroatoms. The maximum Gasteiger partial charge on any atom is 0.338 e. The Morgan fingerprint density at radius 1 is 1.11 bits per heavy atom. The number of carbonyl (C=O) groups excluding carboxylic acids is 3. The van der Waals surface area contributed by atoms with E-state index in [-0.39, 0.29) is 34.9 Å². The van der Waals surface area contributed by atoms with Gasteiger partial charge < -0.3 is 9.47 Å². The number of methoxy groups -OCH3 is 1. The molecule has 0 saturated heterocycles. The van der Waals surface area contributed by atoms with E-state index in [9.17, 15) is 18.8 Å². The molecule has 3 rings (SSSR count). The van der Waals surface area contributed by atoms with E-state index in [4.69, 9.17) is 21.1 Å². The van der Waals surface area contributed by atoms with Crippen LogP contribution < -0.4 is 0 Å². The molecule has 28 heavy (non-hydrogen) atoms. The van der Waals surface area contributed by atoms with Crippen molar-refractivity contribution >= 4 is 29.4 Å². The molecule has 0 fully saturated rings. The second kappa shape index (κ2) is 8.50. The monoisotopic (exact) mass is 405 g/mol. The molecule has 0 saturated carbocycles. The predicted molar refractivity (Wildman–Crippen MR) is 98.8 cm³/mol. The average Bonchev–Trinajstić information content (AvgIpc) is 2.91. The van der Waals surface area contributed by atoms with Crippen molar-refractivity contribution in [3.05, 3.63) is 69.5 Å². The van der Waals surface area contributed by atoms with Crippen LogP contribution in [0.15, 0.2) is 36.4 Å². The van der Waals surface area contributed by atoms with Crippen LogP contribution in [0.4, 0.5) is 4.39 Å². The lowest BCUT2D eigenvalue weighted by molar-refractivity contribution is 0.0472. The summed E-state index contributed by atoms with van der Waals surface area (Å²) in [6.07, 6.45) is 0.523. The molecule has 0 aliphatic carbocycles. The van der Waals surface area contributed by atoms with Crippen LogP contribution >= 0.6 is 11.6 Å². The van der Waals surface area contributed by atoms with Crippen molar-refractivity contribution in [2.24, 2.45) is 0 Å². The Bertz CT molecular complexity index is 946. The third-order valence-corrected chi connectivity index (χ3v) is 4.66. The van der Waals surface area contributed by atoms with Gasteiger partial charge in [-0.15, -0.1) is 0 Å². The molecule has 2 aromatic rings. The number of fused-ring (bicyclic) bond motifs is 1. The molecule has 0 aromatic heterocycles. The van der Waals surface area contributed by atoms with Crippen LogP contribution in [0.2, 0.25) is 5.02 Å². The third kappa shape index (κ3) is 4.05. The molecular formula is C20H17ClFNO5. The number of amides is 2. The van der Waals surface area contributed by atoms with Gasteiger partial charge in [0.2, 0.25) is 0 Å². The topological polar surface area (TPSA) is 72.9 Å². The van der Waals surface area contributed by atoms with E-state index < -0.39 is 23.6 Å². The van der Waals surface area contributed by atoms with Crippen LogP contribution in [0.25, 0.3) is 0 Å². The first-order valence-electron chi connectivity index (χ1n) is 8.52. The number of rotatable bonds is 7. The van der Waals surface area contributed by atoms with Crippen molar-refractivity contribution in [2.45, 2.75) is 13.0 Å². The zero-order valence-electron chi connectivity index (χ0n) is 15.0. The van der Waals surface area contributed by atoms with Gasteiger partial charge >= 0.3 is 5.97 Å². The van der Waals surface area contributed by atoms with Gasteiger partial charge in [-0.05, 0) is 36.8 Å². The normalized spacial score (nSPS) is 13.0. The van der Waals surface area contributed by atoms with Crippen LogP contribution in [0.1, 0.15) is 43.1 Å². The van der Waals surface area contributed by atoms with E-state index in [1.165, 1.54) is 30.3 Å². The summed E-state index contributed by atoms with van der Waals surface area (Å²) in [5.41, 5.74) is 1.00. The minimum atomic E-state index is -0.679. The number of ether oxygens (including phenoxy) is 2. The zero-order chi connectivity index (χ0) is 20.3. The molecular weight excluding hydrogens is 389 g/mol. The number of esters is 1. The lowest BCUT2D eigenvalue weighted by Gasteiger charge is -2.12. The third-order valence-electron chi connectivity index (χ3n) is 4.31. The first kappa shape index (κ1) is 20.0. The number of benzene rings is 2. The molecule has 6 nitrogen and oxygen atoms in total. The Labute approximate surface area is 165 Å². The van der Waals surface area contributed by atoms with Gasteiger partial charge in [-0.25, -0.2) is 9.18 Å². The van der Waals surface area contributed by atoms with Gasteiger partial charge in [0, 0.05) is 25.8 Å². The van der Waals surface area contributed by atoms with E-state index in [2.05, 4.69) is 0 Å². The number of carbonyl (C=O) groups is 3. The Morgan fingerprint density at radius 3 is 2.57 bits per heavy atom. The Kier molecular flexibility index (Phi) is 6.06. The number of hydrogen-bond acceptors (Lipinski definition) is 5. The molecule has 1 aliphatic rings. The highest BCUT2D eigenvalue weighted by Gasteiger charge is 2.35. The molecule has 0 N–H and O–H groups in total. The quantitative estimate of drug-likeness (QED) is 0.400. The van der Waals surface area contributed by atoms with Gasteiger partial charge in [-0.3, -0.25) is 14.5 Å². The molecule has 0 spiro atoms. The highest BCUT2D eigenvalue weighted by atomic mass is 35.5. The van der Waals surface area contributed by atoms with E-state index in [0.29, 0.717) is 18.6 Å². The van der Waals surface area contributed by atoms with Crippen molar-refractivity contribution in [1.82, 2.24) is 4.90 Å². The van der Waals surface area contributed by atoms with Crippen LogP contribution in [0.3, 0.4) is 0 Å². The summed E-state index contributed by atoms with van der Waals surface area (Å²) in [6.45, 7) is 0.519. The molecule has 0 bridgehead atoms. The molecule has 0 unspecified atom stereocenters. The fourth-order valence-electron chi connectivity index (χ4n) is 2.85. The Morgan fingerprint density at radius 2 is 1.86 bits per heavy atom. The Balaban J connectivity index is 1.71. The van der Waals surface area contributed by atoms with Crippen LogP contribution in [0.5, 0.6) is 0 Å². The van der Waals surface area contributed by atoms with Crippen molar-refractivity contribution in [2.75, 3.05) is 20.3 Å². The van der Waals surface area contributed by atoms with Gasteiger partial charge in [0.15, 0.2) is 0 Å². The van der Waals surface area contributed by atoms with E-state index in [1.54, 1.807) is 7.11 Å². The average molecular weight is 406 g/mol. The summed E-state index contributed by atoms with van der Waals surface area (Å²) >= 11 is 5.91. The van der Waals surface area contributed by atoms with Crippen LogP contribution in [-0.4, -0.2) is 42.9 Å². The van der Waals surface area contributed by atoms with Crippen LogP contribution in [-0.2, 0) is 16.1 Å². The highest BCUT2D eigenvalue weighted by molar-refractivity contribution is 6.31. The van der Waals surface area contributed by atoms with E-state index in [1.807, 2.05) is 0 Å². The van der Waals surface area contributed by atoms with Crippen molar-refractivity contribution in [3.63, 3.8) is 0 Å². The van der Waals surface area contributed by atoms with Gasteiger partial charge in [0.05, 0.1) is 21.7 Å². The van der Waals surface area contributed by atoms with Gasteiger partial charge in [-0.2, -0.15) is 0 Å². The summed E-state index contributed by atoms with van der Waals surface area (Å²) in [5, 5.41) is 0.147. The van der Waals surface area contributed by atoms with Gasteiger partial charge in [0.25, 0.3) is 11.8 Å². The van der Waals surface area contributed by atoms with Crippen molar-refractivity contribution in [1.29, 1.82) is 0 Å².